The highest BCUT2D eigenvalue weighted by atomic mass is 19.4. The van der Waals surface area contributed by atoms with E-state index in [-0.39, 0.29) is 17.0 Å². The Bertz CT molecular complexity index is 387. The molecule has 114 valence electrons. The van der Waals surface area contributed by atoms with Crippen LogP contribution in [-0.2, 0) is 4.79 Å². The third-order valence-electron chi connectivity index (χ3n) is 2.85. The van der Waals surface area contributed by atoms with Gasteiger partial charge in [0, 0.05) is 38.9 Å². The molecule has 3 N–H and O–H groups in total. The van der Waals surface area contributed by atoms with Gasteiger partial charge in [0.1, 0.15) is 0 Å². The van der Waals surface area contributed by atoms with E-state index in [1.54, 1.807) is 0 Å². The minimum atomic E-state index is -4.47. The van der Waals surface area contributed by atoms with E-state index in [1.165, 1.54) is 25.2 Å². The Labute approximate surface area is 115 Å². The molecule has 2 heterocycles. The Hall–Kier alpha value is -1.54. The van der Waals surface area contributed by atoms with E-state index in [4.69, 9.17) is 5.73 Å². The first-order chi connectivity index (χ1) is 9.30. The monoisotopic (exact) mass is 292 g/mol. The second kappa shape index (κ2) is 7.30. The fourth-order valence-electron chi connectivity index (χ4n) is 1.66. The zero-order valence-electron chi connectivity index (χ0n) is 11.3. The van der Waals surface area contributed by atoms with E-state index < -0.39 is 12.2 Å². The van der Waals surface area contributed by atoms with E-state index in [0.29, 0.717) is 6.20 Å². The van der Waals surface area contributed by atoms with Crippen LogP contribution in [0.25, 0.3) is 0 Å². The lowest BCUT2D eigenvalue weighted by atomic mass is 10.2. The lowest BCUT2D eigenvalue weighted by molar-refractivity contribution is -0.224. The predicted molar refractivity (Wildman–Crippen MR) is 69.5 cm³/mol. The largest absolute Gasteiger partial charge is 0.484 e. The third kappa shape index (κ3) is 5.62. The van der Waals surface area contributed by atoms with Crippen LogP contribution in [0.15, 0.2) is 23.9 Å². The first-order valence-electron chi connectivity index (χ1n) is 6.21. The molecule has 1 fully saturated rings. The van der Waals surface area contributed by atoms with Crippen LogP contribution in [0, 0.1) is 0 Å². The van der Waals surface area contributed by atoms with Crippen LogP contribution in [-0.4, -0.2) is 61.8 Å². The molecule has 0 spiro atoms. The number of alkyl halides is 3. The Balaban J connectivity index is 0.000000240. The number of carbonyl (C=O) groups excluding carboxylic acids is 1. The summed E-state index contributed by atoms with van der Waals surface area (Å²) in [6.07, 6.45) is -1.27. The summed E-state index contributed by atoms with van der Waals surface area (Å²) in [5, 5.41) is 3.27. The highest BCUT2D eigenvalue weighted by Crippen LogP contribution is 2.24. The Morgan fingerprint density at radius 2 is 1.95 bits per heavy atom. The summed E-state index contributed by atoms with van der Waals surface area (Å²) in [5.74, 6) is -0.870. The molecule has 2 aliphatic rings. The maximum Gasteiger partial charge on any atom is 0.484 e. The Morgan fingerprint density at radius 3 is 2.35 bits per heavy atom. The van der Waals surface area contributed by atoms with Gasteiger partial charge in [-0.25, -0.2) is 0 Å². The van der Waals surface area contributed by atoms with Gasteiger partial charge in [-0.2, -0.15) is 13.2 Å². The number of nitrogens with zero attached hydrogens (tertiary/aromatic N) is 2. The molecule has 8 heteroatoms. The molecule has 0 aromatic carbocycles. The van der Waals surface area contributed by atoms with E-state index in [2.05, 4.69) is 17.3 Å². The van der Waals surface area contributed by atoms with E-state index in [1.807, 2.05) is 0 Å². The van der Waals surface area contributed by atoms with Gasteiger partial charge in [0.2, 0.25) is 5.91 Å². The highest BCUT2D eigenvalue weighted by molar-refractivity contribution is 5.94. The van der Waals surface area contributed by atoms with Gasteiger partial charge in [-0.15, -0.1) is 0 Å². The summed E-state index contributed by atoms with van der Waals surface area (Å²) >= 11 is 0. The summed E-state index contributed by atoms with van der Waals surface area (Å²) in [6, 6.07) is 0. The lowest BCUT2D eigenvalue weighted by Crippen LogP contribution is -2.40. The molecule has 0 aromatic rings. The van der Waals surface area contributed by atoms with Gasteiger partial charge in [-0.1, -0.05) is 12.2 Å². The number of primary amides is 1. The third-order valence-corrected chi connectivity index (χ3v) is 2.85. The van der Waals surface area contributed by atoms with Crippen molar-refractivity contribution in [1.29, 1.82) is 0 Å². The fourth-order valence-corrected chi connectivity index (χ4v) is 1.66. The zero-order chi connectivity index (χ0) is 15.2. The number of piperazine rings is 1. The molecule has 0 aliphatic carbocycles. The summed E-state index contributed by atoms with van der Waals surface area (Å²) in [6.45, 7) is 4.45. The van der Waals surface area contributed by atoms with E-state index in [9.17, 15) is 18.0 Å². The standard InChI is InChI=1S/C7H7F3N2O.C5H12N2/c8-7(9,10)12-3-1-2-5(4-12)6(11)13;1-7-4-2-6-3-5-7/h1-2,4H,3H2,(H2,11,13);6H,2-5H2,1H3. The maximum absolute atomic E-state index is 12.1. The van der Waals surface area contributed by atoms with Crippen LogP contribution in [0.4, 0.5) is 13.2 Å². The smallest absolute Gasteiger partial charge is 0.366 e. The minimum Gasteiger partial charge on any atom is -0.366 e. The van der Waals surface area contributed by atoms with Crippen LogP contribution in [0.3, 0.4) is 0 Å². The van der Waals surface area contributed by atoms with Crippen molar-refractivity contribution in [2.24, 2.45) is 5.73 Å². The Kier molecular flexibility index (Phi) is 6.03. The van der Waals surface area contributed by atoms with Crippen molar-refractivity contribution >= 4 is 5.91 Å². The number of carbonyl (C=O) groups is 1. The van der Waals surface area contributed by atoms with Crippen LogP contribution in [0.5, 0.6) is 0 Å². The molecule has 1 saturated heterocycles. The maximum atomic E-state index is 12.1. The molecular formula is C12H19F3N4O. The predicted octanol–water partition coefficient (Wildman–Crippen LogP) is 0.269. The number of hydrogen-bond acceptors (Lipinski definition) is 4. The summed E-state index contributed by atoms with van der Waals surface area (Å²) in [7, 11) is 2.15. The molecule has 1 amide bonds. The van der Waals surface area contributed by atoms with Crippen molar-refractivity contribution in [1.82, 2.24) is 15.1 Å². The molecule has 20 heavy (non-hydrogen) atoms. The number of nitrogens with two attached hydrogens (primary N) is 1. The molecule has 0 saturated carbocycles. The fraction of sp³-hybridized carbons (Fsp3) is 0.583. The first kappa shape index (κ1) is 16.5. The molecule has 0 atom stereocenters. The van der Waals surface area contributed by atoms with Crippen molar-refractivity contribution < 1.29 is 18.0 Å². The number of likely N-dealkylation sites (N-methyl/N-ethyl adjacent to an activating group) is 1. The topological polar surface area (TPSA) is 61.6 Å². The normalized spacial score (nSPS) is 20.0. The average Bonchev–Trinajstić information content (AvgIpc) is 2.39. The SMILES string of the molecule is CN1CCNCC1.NC(=O)C1=CN(C(F)(F)F)CC=C1. The quantitative estimate of drug-likeness (QED) is 0.681. The lowest BCUT2D eigenvalue weighted by Gasteiger charge is -2.24. The van der Waals surface area contributed by atoms with Gasteiger partial charge in [0.25, 0.3) is 0 Å². The van der Waals surface area contributed by atoms with Gasteiger partial charge >= 0.3 is 6.30 Å². The second-order valence-electron chi connectivity index (χ2n) is 4.52. The minimum absolute atomic E-state index is 0.0904. The van der Waals surface area contributed by atoms with E-state index in [0.717, 1.165) is 13.1 Å². The van der Waals surface area contributed by atoms with E-state index >= 15 is 0 Å². The number of nitrogens with one attached hydrogen (secondary N) is 1. The van der Waals surface area contributed by atoms with Gasteiger partial charge in [-0.3, -0.25) is 9.69 Å². The van der Waals surface area contributed by atoms with Gasteiger partial charge in [-0.05, 0) is 7.05 Å². The van der Waals surface area contributed by atoms with Crippen LogP contribution in [0.1, 0.15) is 0 Å². The molecule has 2 rings (SSSR count). The van der Waals surface area contributed by atoms with Crippen molar-refractivity contribution in [3.05, 3.63) is 23.9 Å². The molecule has 0 unspecified atom stereocenters. The molecule has 0 radical (unpaired) electrons. The van der Waals surface area contributed by atoms with Crippen molar-refractivity contribution in [3.8, 4) is 0 Å². The number of halogens is 3. The highest BCUT2D eigenvalue weighted by Gasteiger charge is 2.35. The summed E-state index contributed by atoms with van der Waals surface area (Å²) in [5.41, 5.74) is 4.67. The summed E-state index contributed by atoms with van der Waals surface area (Å²) in [4.78, 5) is 13.0. The van der Waals surface area contributed by atoms with Crippen LogP contribution in [0.2, 0.25) is 0 Å². The van der Waals surface area contributed by atoms with Crippen molar-refractivity contribution in [2.45, 2.75) is 6.30 Å². The summed E-state index contributed by atoms with van der Waals surface area (Å²) < 4.78 is 36.2. The molecule has 2 aliphatic heterocycles. The van der Waals surface area contributed by atoms with Crippen molar-refractivity contribution in [2.75, 3.05) is 39.8 Å². The molecule has 0 aromatic heterocycles. The number of hydrogen-bond donors (Lipinski definition) is 2. The zero-order valence-corrected chi connectivity index (χ0v) is 11.3. The van der Waals surface area contributed by atoms with Crippen LogP contribution < -0.4 is 11.1 Å². The van der Waals surface area contributed by atoms with Gasteiger partial charge < -0.3 is 16.0 Å². The van der Waals surface area contributed by atoms with Crippen LogP contribution >= 0.6 is 0 Å². The Morgan fingerprint density at radius 1 is 1.35 bits per heavy atom. The number of rotatable bonds is 1. The first-order valence-corrected chi connectivity index (χ1v) is 6.21. The number of amides is 1. The van der Waals surface area contributed by atoms with Gasteiger partial charge in [0.05, 0.1) is 5.57 Å². The second-order valence-corrected chi connectivity index (χ2v) is 4.52. The molecular weight excluding hydrogens is 273 g/mol. The molecule has 5 nitrogen and oxygen atoms in total. The average molecular weight is 292 g/mol. The van der Waals surface area contributed by atoms with Crippen molar-refractivity contribution in [3.63, 3.8) is 0 Å². The molecule has 0 bridgehead atoms. The van der Waals surface area contributed by atoms with Gasteiger partial charge in [0.15, 0.2) is 0 Å².